The molecule has 0 radical (unpaired) electrons. The number of hydrogen-bond donors (Lipinski definition) is 2. The fraction of sp³-hybridized carbons (Fsp3) is 0.692. The maximum Gasteiger partial charge on any atom is 0.250 e. The van der Waals surface area contributed by atoms with Gasteiger partial charge in [0.15, 0.2) is 0 Å². The van der Waals surface area contributed by atoms with Crippen LogP contribution >= 0.6 is 11.3 Å². The normalized spacial score (nSPS) is 18.5. The Bertz CT molecular complexity index is 539. The third kappa shape index (κ3) is 3.78. The van der Waals surface area contributed by atoms with E-state index in [4.69, 9.17) is 0 Å². The van der Waals surface area contributed by atoms with Crippen molar-refractivity contribution < 1.29 is 8.42 Å². The SMILES string of the molecule is CNC(c1ccc(S(=O)(=O)NC(C)(C)C)s1)C1CC1. The largest absolute Gasteiger partial charge is 0.312 e. The molecule has 1 saturated carbocycles. The number of nitrogens with one attached hydrogen (secondary N) is 2. The van der Waals surface area contributed by atoms with Gasteiger partial charge in [-0.3, -0.25) is 0 Å². The summed E-state index contributed by atoms with van der Waals surface area (Å²) in [4.78, 5) is 1.11. The summed E-state index contributed by atoms with van der Waals surface area (Å²) >= 11 is 1.37. The monoisotopic (exact) mass is 302 g/mol. The Kier molecular flexibility index (Phi) is 4.07. The zero-order chi connectivity index (χ0) is 14.3. The molecule has 0 aliphatic heterocycles. The second kappa shape index (κ2) is 5.16. The molecule has 1 aromatic heterocycles. The molecule has 1 aliphatic rings. The highest BCUT2D eigenvalue weighted by molar-refractivity contribution is 7.91. The molecular formula is C13H22N2O2S2. The number of hydrogen-bond acceptors (Lipinski definition) is 4. The summed E-state index contributed by atoms with van der Waals surface area (Å²) in [5.41, 5.74) is -0.456. The highest BCUT2D eigenvalue weighted by Gasteiger charge is 2.33. The zero-order valence-corrected chi connectivity index (χ0v) is 13.5. The van der Waals surface area contributed by atoms with Gasteiger partial charge in [-0.25, -0.2) is 13.1 Å². The van der Waals surface area contributed by atoms with Crippen LogP contribution in [0.5, 0.6) is 0 Å². The van der Waals surface area contributed by atoms with Gasteiger partial charge in [0.2, 0.25) is 0 Å². The predicted molar refractivity (Wildman–Crippen MR) is 78.9 cm³/mol. The summed E-state index contributed by atoms with van der Waals surface area (Å²) in [6.07, 6.45) is 2.46. The van der Waals surface area contributed by atoms with Crippen LogP contribution < -0.4 is 10.0 Å². The summed E-state index contributed by atoms with van der Waals surface area (Å²) in [6, 6.07) is 3.94. The Morgan fingerprint density at radius 3 is 2.42 bits per heavy atom. The van der Waals surface area contributed by atoms with Crippen molar-refractivity contribution >= 4 is 21.4 Å². The van der Waals surface area contributed by atoms with Crippen molar-refractivity contribution in [2.24, 2.45) is 5.92 Å². The maximum absolute atomic E-state index is 12.2. The van der Waals surface area contributed by atoms with Crippen LogP contribution in [0.4, 0.5) is 0 Å². The molecule has 2 N–H and O–H groups in total. The van der Waals surface area contributed by atoms with Crippen LogP contribution in [0, 0.1) is 5.92 Å². The van der Waals surface area contributed by atoms with Gasteiger partial charge >= 0.3 is 0 Å². The van der Waals surface area contributed by atoms with E-state index >= 15 is 0 Å². The minimum Gasteiger partial charge on any atom is -0.312 e. The first-order valence-corrected chi connectivity index (χ1v) is 8.84. The van der Waals surface area contributed by atoms with E-state index in [9.17, 15) is 8.42 Å². The molecule has 0 amide bonds. The minimum atomic E-state index is -3.40. The highest BCUT2D eigenvalue weighted by Crippen LogP contribution is 2.43. The molecule has 1 aromatic rings. The van der Waals surface area contributed by atoms with Gasteiger partial charge in [-0.15, -0.1) is 11.3 Å². The summed E-state index contributed by atoms with van der Waals surface area (Å²) in [6.45, 7) is 5.54. The van der Waals surface area contributed by atoms with Crippen LogP contribution in [0.25, 0.3) is 0 Å². The Morgan fingerprint density at radius 2 is 1.95 bits per heavy atom. The van der Waals surface area contributed by atoms with Crippen molar-refractivity contribution in [2.75, 3.05) is 7.05 Å². The van der Waals surface area contributed by atoms with E-state index in [1.54, 1.807) is 6.07 Å². The lowest BCUT2D eigenvalue weighted by molar-refractivity contribution is 0.492. The fourth-order valence-electron chi connectivity index (χ4n) is 2.14. The van der Waals surface area contributed by atoms with Crippen LogP contribution in [0.2, 0.25) is 0 Å². The number of rotatable bonds is 5. The average Bonchev–Trinajstić information content (AvgIpc) is 2.92. The number of sulfonamides is 1. The van der Waals surface area contributed by atoms with E-state index < -0.39 is 15.6 Å². The molecule has 1 heterocycles. The molecule has 4 nitrogen and oxygen atoms in total. The van der Waals surface area contributed by atoms with Crippen molar-refractivity contribution in [1.29, 1.82) is 0 Å². The van der Waals surface area contributed by atoms with Crippen LogP contribution in [0.3, 0.4) is 0 Å². The van der Waals surface area contributed by atoms with Gasteiger partial charge < -0.3 is 5.32 Å². The van der Waals surface area contributed by atoms with Gasteiger partial charge in [-0.1, -0.05) is 0 Å². The average molecular weight is 302 g/mol. The molecule has 1 unspecified atom stereocenters. The smallest absolute Gasteiger partial charge is 0.250 e. The molecule has 1 aliphatic carbocycles. The van der Waals surface area contributed by atoms with E-state index in [2.05, 4.69) is 10.0 Å². The quantitative estimate of drug-likeness (QED) is 0.878. The summed E-state index contributed by atoms with van der Waals surface area (Å²) in [5, 5.41) is 3.29. The molecule has 19 heavy (non-hydrogen) atoms. The molecule has 0 aromatic carbocycles. The van der Waals surface area contributed by atoms with Crippen molar-refractivity contribution in [2.45, 2.75) is 49.4 Å². The van der Waals surface area contributed by atoms with E-state index in [1.165, 1.54) is 24.2 Å². The Balaban J connectivity index is 2.20. The third-order valence-electron chi connectivity index (χ3n) is 3.02. The van der Waals surface area contributed by atoms with Crippen molar-refractivity contribution in [3.63, 3.8) is 0 Å². The second-order valence-corrected chi connectivity index (χ2v) is 9.14. The maximum atomic E-state index is 12.2. The van der Waals surface area contributed by atoms with Crippen LogP contribution in [-0.2, 0) is 10.0 Å². The molecule has 2 rings (SSSR count). The predicted octanol–water partition coefficient (Wildman–Crippen LogP) is 2.50. The van der Waals surface area contributed by atoms with Gasteiger partial charge in [0.05, 0.1) is 0 Å². The molecule has 0 bridgehead atoms. The van der Waals surface area contributed by atoms with Gasteiger partial charge in [0.25, 0.3) is 10.0 Å². The van der Waals surface area contributed by atoms with E-state index in [0.717, 1.165) is 4.88 Å². The summed E-state index contributed by atoms with van der Waals surface area (Å²) < 4.78 is 27.6. The lowest BCUT2D eigenvalue weighted by Crippen LogP contribution is -2.40. The van der Waals surface area contributed by atoms with E-state index in [-0.39, 0.29) is 0 Å². The standard InChI is InChI=1S/C13H22N2O2S2/c1-13(2,3)15-19(16,17)11-8-7-10(18-11)12(14-4)9-5-6-9/h7-9,12,14-15H,5-6H2,1-4H3. The van der Waals surface area contributed by atoms with Gasteiger partial charge in [0.1, 0.15) is 4.21 Å². The molecule has 108 valence electrons. The molecular weight excluding hydrogens is 280 g/mol. The Morgan fingerprint density at radius 1 is 1.32 bits per heavy atom. The molecule has 6 heteroatoms. The lowest BCUT2D eigenvalue weighted by Gasteiger charge is -2.19. The summed E-state index contributed by atoms with van der Waals surface area (Å²) in [5.74, 6) is 0.662. The Labute approximate surface area is 119 Å². The van der Waals surface area contributed by atoms with Crippen molar-refractivity contribution in [3.05, 3.63) is 17.0 Å². The third-order valence-corrected chi connectivity index (χ3v) is 6.44. The number of thiophene rings is 1. The molecule has 0 spiro atoms. The summed E-state index contributed by atoms with van der Waals surface area (Å²) in [7, 11) is -1.47. The first-order chi connectivity index (χ1) is 8.73. The topological polar surface area (TPSA) is 58.2 Å². The molecule has 0 saturated heterocycles. The van der Waals surface area contributed by atoms with Crippen LogP contribution in [0.1, 0.15) is 44.5 Å². The Hall–Kier alpha value is -0.430. The second-order valence-electron chi connectivity index (χ2n) is 6.12. The van der Waals surface area contributed by atoms with Crippen LogP contribution in [0.15, 0.2) is 16.3 Å². The van der Waals surface area contributed by atoms with Gasteiger partial charge in [-0.05, 0) is 58.7 Å². The van der Waals surface area contributed by atoms with Gasteiger partial charge in [-0.2, -0.15) is 0 Å². The van der Waals surface area contributed by atoms with Crippen LogP contribution in [-0.4, -0.2) is 21.0 Å². The lowest BCUT2D eigenvalue weighted by atomic mass is 10.1. The van der Waals surface area contributed by atoms with Crippen molar-refractivity contribution in [3.8, 4) is 0 Å². The van der Waals surface area contributed by atoms with Crippen molar-refractivity contribution in [1.82, 2.24) is 10.0 Å². The first kappa shape index (κ1) is 15.0. The van der Waals surface area contributed by atoms with E-state index in [1.807, 2.05) is 33.9 Å². The molecule has 1 atom stereocenters. The fourth-order valence-corrected chi connectivity index (χ4v) is 5.09. The first-order valence-electron chi connectivity index (χ1n) is 6.54. The highest BCUT2D eigenvalue weighted by atomic mass is 32.2. The minimum absolute atomic E-state index is 0.295. The zero-order valence-electron chi connectivity index (χ0n) is 11.9. The van der Waals surface area contributed by atoms with E-state index in [0.29, 0.717) is 16.2 Å². The molecule has 1 fully saturated rings. The van der Waals surface area contributed by atoms with Gasteiger partial charge in [0, 0.05) is 16.5 Å².